The van der Waals surface area contributed by atoms with E-state index in [0.29, 0.717) is 49.2 Å². The monoisotopic (exact) mass is 699 g/mol. The molecule has 3 aromatic carbocycles. The van der Waals surface area contributed by atoms with Gasteiger partial charge in [-0.1, -0.05) is 84.7 Å². The van der Waals surface area contributed by atoms with E-state index in [1.165, 1.54) is 16.1 Å². The molecule has 0 aliphatic carbocycles. The third-order valence-corrected chi connectivity index (χ3v) is 11.1. The predicted molar refractivity (Wildman–Crippen MR) is 187 cm³/mol. The van der Waals surface area contributed by atoms with Crippen molar-refractivity contribution in [3.8, 4) is 0 Å². The maximum absolute atomic E-state index is 14.1. The molecule has 2 N–H and O–H groups in total. The molecule has 3 atom stereocenters. The summed E-state index contributed by atoms with van der Waals surface area (Å²) in [5.41, 5.74) is 4.11. The van der Waals surface area contributed by atoms with Crippen LogP contribution in [0.4, 0.5) is 0 Å². The van der Waals surface area contributed by atoms with Crippen LogP contribution >= 0.6 is 23.2 Å². The van der Waals surface area contributed by atoms with Crippen molar-refractivity contribution in [2.24, 2.45) is 0 Å². The number of rotatable bonds is 12. The number of hydrogen-bond acceptors (Lipinski definition) is 6. The van der Waals surface area contributed by atoms with E-state index in [2.05, 4.69) is 27.7 Å². The maximum Gasteiger partial charge on any atom is 0.245 e. The molecule has 0 spiro atoms. The van der Waals surface area contributed by atoms with Crippen molar-refractivity contribution in [2.45, 2.75) is 44.3 Å². The molecule has 1 saturated heterocycles. The molecule has 0 radical (unpaired) electrons. The third kappa shape index (κ3) is 9.13. The van der Waals surface area contributed by atoms with Crippen LogP contribution in [-0.4, -0.2) is 92.4 Å². The van der Waals surface area contributed by atoms with Gasteiger partial charge in [0, 0.05) is 68.2 Å². The lowest BCUT2D eigenvalue weighted by atomic mass is 9.92. The van der Waals surface area contributed by atoms with Gasteiger partial charge < -0.3 is 15.5 Å². The second kappa shape index (κ2) is 15.9. The molecule has 0 saturated carbocycles. The van der Waals surface area contributed by atoms with E-state index in [-0.39, 0.29) is 36.9 Å². The number of piperazine rings is 1. The highest BCUT2D eigenvalue weighted by molar-refractivity contribution is 7.88. The second-order valence-electron chi connectivity index (χ2n) is 12.2. The summed E-state index contributed by atoms with van der Waals surface area (Å²) in [5.74, 6) is -0.338. The average Bonchev–Trinajstić information content (AvgIpc) is 3.06. The van der Waals surface area contributed by atoms with Crippen LogP contribution in [-0.2, 0) is 32.5 Å². The first-order chi connectivity index (χ1) is 22.5. The Bertz CT molecular complexity index is 1650. The number of likely N-dealkylation sites (N-methyl/N-ethyl adjacent to an activating group) is 1. The molecule has 9 nitrogen and oxygen atoms in total. The first kappa shape index (κ1) is 35.3. The van der Waals surface area contributed by atoms with Crippen LogP contribution in [0.5, 0.6) is 0 Å². The van der Waals surface area contributed by atoms with Gasteiger partial charge in [-0.3, -0.25) is 14.5 Å². The molecule has 1 fully saturated rings. The Morgan fingerprint density at radius 2 is 1.66 bits per heavy atom. The number of sulfonamides is 1. The fourth-order valence-corrected chi connectivity index (χ4v) is 7.86. The Morgan fingerprint density at radius 1 is 0.979 bits per heavy atom. The van der Waals surface area contributed by atoms with Gasteiger partial charge in [-0.2, -0.15) is 0 Å². The van der Waals surface area contributed by atoms with E-state index in [0.717, 1.165) is 29.7 Å². The van der Waals surface area contributed by atoms with Crippen molar-refractivity contribution < 1.29 is 18.0 Å². The SMILES string of the molecule is CCN(CC(c1ccccc1Cl)N1CCN(C(=O)C(Cc2ccc(Cl)cc2)NC(=O)CC2NCCc3ccccc32)CC1)S(C)(=O)=O. The topological polar surface area (TPSA) is 102 Å². The summed E-state index contributed by atoms with van der Waals surface area (Å²) >= 11 is 12.7. The first-order valence-electron chi connectivity index (χ1n) is 16.1. The van der Waals surface area contributed by atoms with E-state index >= 15 is 0 Å². The number of nitrogens with zero attached hydrogens (tertiary/aromatic N) is 3. The predicted octanol–water partition coefficient (Wildman–Crippen LogP) is 4.46. The zero-order valence-electron chi connectivity index (χ0n) is 26.9. The molecule has 2 aliphatic heterocycles. The summed E-state index contributed by atoms with van der Waals surface area (Å²) < 4.78 is 26.5. The largest absolute Gasteiger partial charge is 0.344 e. The number of amides is 2. The lowest BCUT2D eigenvalue weighted by Gasteiger charge is -2.41. The van der Waals surface area contributed by atoms with E-state index in [4.69, 9.17) is 23.2 Å². The van der Waals surface area contributed by atoms with Crippen LogP contribution in [0.2, 0.25) is 10.0 Å². The zero-order valence-corrected chi connectivity index (χ0v) is 29.2. The lowest BCUT2D eigenvalue weighted by Crippen LogP contribution is -2.56. The minimum Gasteiger partial charge on any atom is -0.344 e. The summed E-state index contributed by atoms with van der Waals surface area (Å²) in [7, 11) is -3.43. The fraction of sp³-hybridized carbons (Fsp3) is 0.429. The Labute approximate surface area is 288 Å². The van der Waals surface area contributed by atoms with Gasteiger partial charge in [0.15, 0.2) is 0 Å². The lowest BCUT2D eigenvalue weighted by molar-refractivity contribution is -0.138. The van der Waals surface area contributed by atoms with Crippen LogP contribution in [0.1, 0.15) is 47.7 Å². The number of carbonyl (C=O) groups excluding carboxylic acids is 2. The van der Waals surface area contributed by atoms with Crippen molar-refractivity contribution in [1.82, 2.24) is 24.7 Å². The third-order valence-electron chi connectivity index (χ3n) is 9.12. The van der Waals surface area contributed by atoms with Crippen molar-refractivity contribution >= 4 is 45.0 Å². The molecule has 2 heterocycles. The summed E-state index contributed by atoms with van der Waals surface area (Å²) in [6.07, 6.45) is 2.69. The Kier molecular flexibility index (Phi) is 12.0. The van der Waals surface area contributed by atoms with E-state index in [1.54, 1.807) is 17.0 Å². The number of fused-ring (bicyclic) bond motifs is 1. The van der Waals surface area contributed by atoms with Crippen LogP contribution in [0, 0.1) is 0 Å². The van der Waals surface area contributed by atoms with Gasteiger partial charge in [0.1, 0.15) is 6.04 Å². The quantitative estimate of drug-likeness (QED) is 0.290. The Balaban J connectivity index is 1.30. The highest BCUT2D eigenvalue weighted by Crippen LogP contribution is 2.30. The molecule has 5 rings (SSSR count). The minimum absolute atomic E-state index is 0.119. The van der Waals surface area contributed by atoms with Gasteiger partial charge in [0.25, 0.3) is 0 Å². The second-order valence-corrected chi connectivity index (χ2v) is 15.0. The van der Waals surface area contributed by atoms with E-state index in [9.17, 15) is 18.0 Å². The molecule has 252 valence electrons. The van der Waals surface area contributed by atoms with Gasteiger partial charge in [0.05, 0.1) is 12.3 Å². The molecule has 12 heteroatoms. The van der Waals surface area contributed by atoms with E-state index < -0.39 is 16.1 Å². The highest BCUT2D eigenvalue weighted by atomic mass is 35.5. The molecule has 2 amide bonds. The van der Waals surface area contributed by atoms with Gasteiger partial charge in [-0.15, -0.1) is 0 Å². The molecule has 0 aromatic heterocycles. The Morgan fingerprint density at radius 3 is 2.34 bits per heavy atom. The number of carbonyl (C=O) groups is 2. The zero-order chi connectivity index (χ0) is 33.6. The summed E-state index contributed by atoms with van der Waals surface area (Å²) in [4.78, 5) is 31.6. The average molecular weight is 701 g/mol. The summed E-state index contributed by atoms with van der Waals surface area (Å²) in [6, 6.07) is 21.8. The van der Waals surface area contributed by atoms with Crippen LogP contribution in [0.15, 0.2) is 72.8 Å². The van der Waals surface area contributed by atoms with Crippen molar-refractivity contribution in [3.63, 3.8) is 0 Å². The van der Waals surface area contributed by atoms with Gasteiger partial charge in [-0.05, 0) is 53.4 Å². The molecular formula is C35H43Cl2N5O4S. The summed E-state index contributed by atoms with van der Waals surface area (Å²) in [6.45, 7) is 5.10. The maximum atomic E-state index is 14.1. The first-order valence-corrected chi connectivity index (χ1v) is 18.7. The molecular weight excluding hydrogens is 657 g/mol. The van der Waals surface area contributed by atoms with E-state index in [1.807, 2.05) is 55.5 Å². The van der Waals surface area contributed by atoms with Crippen LogP contribution in [0.3, 0.4) is 0 Å². The molecule has 0 bridgehead atoms. The van der Waals surface area contributed by atoms with Crippen molar-refractivity contribution in [3.05, 3.63) is 105 Å². The molecule has 47 heavy (non-hydrogen) atoms. The molecule has 2 aliphatic rings. The number of nitrogens with one attached hydrogen (secondary N) is 2. The standard InChI is InChI=1S/C35H43Cl2N5O4S/c1-3-42(47(2,45)46)24-33(29-10-6-7-11-30(29)37)40-18-20-41(21-19-40)35(44)32(22-25-12-14-27(36)15-13-25)39-34(43)23-31-28-9-5-4-8-26(28)16-17-38-31/h4-15,31-33,38H,3,16-24H2,1-2H3,(H,39,43). The Hall–Kier alpha value is -2.99. The van der Waals surface area contributed by atoms with Crippen molar-refractivity contribution in [2.75, 3.05) is 52.1 Å². The highest BCUT2D eigenvalue weighted by Gasteiger charge is 2.34. The van der Waals surface area contributed by atoms with Crippen LogP contribution < -0.4 is 10.6 Å². The van der Waals surface area contributed by atoms with Gasteiger partial charge in [0.2, 0.25) is 21.8 Å². The van der Waals surface area contributed by atoms with Gasteiger partial charge in [-0.25, -0.2) is 12.7 Å². The van der Waals surface area contributed by atoms with Crippen molar-refractivity contribution in [1.29, 1.82) is 0 Å². The smallest absolute Gasteiger partial charge is 0.245 e. The molecule has 3 unspecified atom stereocenters. The number of benzene rings is 3. The normalized spacial score (nSPS) is 18.4. The molecule has 3 aromatic rings. The van der Waals surface area contributed by atoms with Gasteiger partial charge >= 0.3 is 0 Å². The van der Waals surface area contributed by atoms with Crippen LogP contribution in [0.25, 0.3) is 0 Å². The number of halogens is 2. The number of hydrogen-bond donors (Lipinski definition) is 2. The fourth-order valence-electron chi connectivity index (χ4n) is 6.59. The summed E-state index contributed by atoms with van der Waals surface area (Å²) in [5, 5.41) is 7.70. The minimum atomic E-state index is -3.43.